The Balaban J connectivity index is 0.00000210. The van der Waals surface area contributed by atoms with Gasteiger partial charge >= 0.3 is 0 Å². The predicted molar refractivity (Wildman–Crippen MR) is 110 cm³/mol. The molecule has 144 valence electrons. The molecule has 4 rings (SSSR count). The highest BCUT2D eigenvalue weighted by atomic mass is 35.5. The highest BCUT2D eigenvalue weighted by molar-refractivity contribution is 5.96. The van der Waals surface area contributed by atoms with Crippen molar-refractivity contribution in [1.29, 1.82) is 0 Å². The molecule has 27 heavy (non-hydrogen) atoms. The first-order chi connectivity index (χ1) is 12.8. The van der Waals surface area contributed by atoms with E-state index in [1.54, 1.807) is 0 Å². The molecule has 4 nitrogen and oxygen atoms in total. The molecule has 1 aromatic carbocycles. The molecule has 1 amide bonds. The van der Waals surface area contributed by atoms with E-state index in [0.29, 0.717) is 6.54 Å². The highest BCUT2D eigenvalue weighted by Crippen LogP contribution is 2.28. The minimum atomic E-state index is 0. The number of amides is 1. The minimum Gasteiger partial charge on any atom is -0.330 e. The van der Waals surface area contributed by atoms with Crippen LogP contribution < -0.4 is 5.32 Å². The van der Waals surface area contributed by atoms with Gasteiger partial charge in [0.25, 0.3) is 5.91 Å². The van der Waals surface area contributed by atoms with Crippen molar-refractivity contribution in [1.82, 2.24) is 15.2 Å². The van der Waals surface area contributed by atoms with Crippen LogP contribution >= 0.6 is 12.4 Å². The van der Waals surface area contributed by atoms with E-state index in [0.717, 1.165) is 62.9 Å². The Bertz CT molecular complexity index is 757. The van der Waals surface area contributed by atoms with Crippen molar-refractivity contribution >= 4 is 18.3 Å². The van der Waals surface area contributed by atoms with Crippen LogP contribution in [0, 0.1) is 0 Å². The SMILES string of the molecule is Cl.O=C(c1cccc2c1CCC2)N(Cc1ccccn1)C1CCCNCC1. The molecule has 1 unspecified atom stereocenters. The molecule has 2 heterocycles. The number of rotatable bonds is 4. The van der Waals surface area contributed by atoms with Crippen molar-refractivity contribution in [3.8, 4) is 0 Å². The number of nitrogens with zero attached hydrogens (tertiary/aromatic N) is 2. The summed E-state index contributed by atoms with van der Waals surface area (Å²) < 4.78 is 0. The summed E-state index contributed by atoms with van der Waals surface area (Å²) in [6, 6.07) is 12.5. The van der Waals surface area contributed by atoms with Crippen LogP contribution in [0.2, 0.25) is 0 Å². The van der Waals surface area contributed by atoms with E-state index in [1.165, 1.54) is 11.1 Å². The van der Waals surface area contributed by atoms with Gasteiger partial charge in [-0.3, -0.25) is 9.78 Å². The number of carbonyl (C=O) groups excluding carboxylic acids is 1. The molecule has 1 aliphatic heterocycles. The van der Waals surface area contributed by atoms with E-state index < -0.39 is 0 Å². The van der Waals surface area contributed by atoms with Crippen LogP contribution in [0.25, 0.3) is 0 Å². The van der Waals surface area contributed by atoms with Gasteiger partial charge in [0.1, 0.15) is 0 Å². The quantitative estimate of drug-likeness (QED) is 0.871. The van der Waals surface area contributed by atoms with E-state index >= 15 is 0 Å². The van der Waals surface area contributed by atoms with Gasteiger partial charge in [-0.25, -0.2) is 0 Å². The zero-order valence-electron chi connectivity index (χ0n) is 15.7. The summed E-state index contributed by atoms with van der Waals surface area (Å²) in [5, 5.41) is 3.46. The fourth-order valence-electron chi connectivity index (χ4n) is 4.32. The van der Waals surface area contributed by atoms with Crippen LogP contribution in [0.4, 0.5) is 0 Å². The standard InChI is InChI=1S/C22H27N3O.ClH/c26-22(21-11-4-7-17-6-3-10-20(17)21)25(16-18-8-1-2-14-24-18)19-9-5-13-23-15-12-19;/h1-2,4,7-8,11,14,19,23H,3,5-6,9-10,12-13,15-16H2;1H. The zero-order valence-corrected chi connectivity index (χ0v) is 16.5. The molecule has 0 spiro atoms. The lowest BCUT2D eigenvalue weighted by atomic mass is 10.00. The average molecular weight is 386 g/mol. The van der Waals surface area contributed by atoms with Crippen molar-refractivity contribution in [2.75, 3.05) is 13.1 Å². The molecular weight excluding hydrogens is 358 g/mol. The summed E-state index contributed by atoms with van der Waals surface area (Å²) in [6.07, 6.45) is 8.28. The zero-order chi connectivity index (χ0) is 17.8. The molecule has 0 radical (unpaired) electrons. The molecule has 2 aliphatic rings. The first kappa shape index (κ1) is 19.8. The lowest BCUT2D eigenvalue weighted by Crippen LogP contribution is -2.41. The van der Waals surface area contributed by atoms with Crippen molar-refractivity contribution < 1.29 is 4.79 Å². The second-order valence-corrected chi connectivity index (χ2v) is 7.39. The number of halogens is 1. The van der Waals surface area contributed by atoms with Crippen molar-refractivity contribution in [2.45, 2.75) is 51.1 Å². The number of pyridine rings is 1. The molecule has 1 saturated heterocycles. The van der Waals surface area contributed by atoms with E-state index in [1.807, 2.05) is 36.5 Å². The Morgan fingerprint density at radius 1 is 1.07 bits per heavy atom. The van der Waals surface area contributed by atoms with Crippen LogP contribution in [0.1, 0.15) is 52.9 Å². The monoisotopic (exact) mass is 385 g/mol. The summed E-state index contributed by atoms with van der Waals surface area (Å²) in [6.45, 7) is 2.61. The number of aryl methyl sites for hydroxylation is 1. The topological polar surface area (TPSA) is 45.2 Å². The molecule has 1 fully saturated rings. The van der Waals surface area contributed by atoms with E-state index in [4.69, 9.17) is 0 Å². The normalized spacial score (nSPS) is 18.9. The Labute approximate surface area is 167 Å². The first-order valence-corrected chi connectivity index (χ1v) is 9.85. The fourth-order valence-corrected chi connectivity index (χ4v) is 4.32. The number of hydrogen-bond acceptors (Lipinski definition) is 3. The smallest absolute Gasteiger partial charge is 0.254 e. The molecule has 1 atom stereocenters. The maximum atomic E-state index is 13.6. The van der Waals surface area contributed by atoms with E-state index in [2.05, 4.69) is 21.3 Å². The number of nitrogens with one attached hydrogen (secondary N) is 1. The Hall–Kier alpha value is -1.91. The lowest BCUT2D eigenvalue weighted by Gasteiger charge is -2.31. The van der Waals surface area contributed by atoms with Crippen LogP contribution in [-0.2, 0) is 19.4 Å². The van der Waals surface area contributed by atoms with Gasteiger partial charge in [0.2, 0.25) is 0 Å². The first-order valence-electron chi connectivity index (χ1n) is 9.85. The third kappa shape index (κ3) is 4.50. The third-order valence-corrected chi connectivity index (χ3v) is 5.68. The maximum absolute atomic E-state index is 13.6. The van der Waals surface area contributed by atoms with Gasteiger partial charge in [0, 0.05) is 17.8 Å². The molecule has 1 aromatic heterocycles. The summed E-state index contributed by atoms with van der Waals surface area (Å²) in [5.74, 6) is 0.182. The van der Waals surface area contributed by atoms with E-state index in [9.17, 15) is 4.79 Å². The molecule has 1 N–H and O–H groups in total. The highest BCUT2D eigenvalue weighted by Gasteiger charge is 2.28. The van der Waals surface area contributed by atoms with Crippen LogP contribution in [-0.4, -0.2) is 34.9 Å². The van der Waals surface area contributed by atoms with Gasteiger partial charge < -0.3 is 10.2 Å². The maximum Gasteiger partial charge on any atom is 0.254 e. The summed E-state index contributed by atoms with van der Waals surface area (Å²) in [4.78, 5) is 20.2. The van der Waals surface area contributed by atoms with Crippen LogP contribution in [0.5, 0.6) is 0 Å². The second kappa shape index (κ2) is 9.34. The van der Waals surface area contributed by atoms with Crippen molar-refractivity contribution in [2.24, 2.45) is 0 Å². The number of fused-ring (bicyclic) bond motifs is 1. The molecule has 1 aliphatic carbocycles. The minimum absolute atomic E-state index is 0. The summed E-state index contributed by atoms with van der Waals surface area (Å²) in [7, 11) is 0. The molecule has 0 bridgehead atoms. The van der Waals surface area contributed by atoms with Crippen LogP contribution in [0.3, 0.4) is 0 Å². The molecule has 5 heteroatoms. The second-order valence-electron chi connectivity index (χ2n) is 7.39. The molecule has 2 aromatic rings. The van der Waals surface area contributed by atoms with Gasteiger partial charge in [-0.15, -0.1) is 12.4 Å². The fraction of sp³-hybridized carbons (Fsp3) is 0.455. The van der Waals surface area contributed by atoms with Gasteiger partial charge in [0.15, 0.2) is 0 Å². The summed E-state index contributed by atoms with van der Waals surface area (Å²) in [5.41, 5.74) is 4.50. The predicted octanol–water partition coefficient (Wildman–Crippen LogP) is 3.78. The van der Waals surface area contributed by atoms with E-state index in [-0.39, 0.29) is 24.4 Å². The Morgan fingerprint density at radius 2 is 2.00 bits per heavy atom. The Kier molecular flexibility index (Phi) is 6.86. The van der Waals surface area contributed by atoms with Crippen molar-refractivity contribution in [3.63, 3.8) is 0 Å². The molecular formula is C22H28ClN3O. The number of hydrogen-bond donors (Lipinski definition) is 1. The van der Waals surface area contributed by atoms with Crippen molar-refractivity contribution in [3.05, 3.63) is 65.0 Å². The van der Waals surface area contributed by atoms with Gasteiger partial charge in [-0.2, -0.15) is 0 Å². The van der Waals surface area contributed by atoms with Gasteiger partial charge in [0.05, 0.1) is 12.2 Å². The number of aromatic nitrogens is 1. The third-order valence-electron chi connectivity index (χ3n) is 5.68. The average Bonchev–Trinajstić information content (AvgIpc) is 3.01. The van der Waals surface area contributed by atoms with Crippen LogP contribution in [0.15, 0.2) is 42.6 Å². The van der Waals surface area contributed by atoms with Gasteiger partial charge in [-0.1, -0.05) is 18.2 Å². The Morgan fingerprint density at radius 3 is 2.85 bits per heavy atom. The summed E-state index contributed by atoms with van der Waals surface area (Å²) >= 11 is 0. The largest absolute Gasteiger partial charge is 0.330 e. The molecule has 0 saturated carbocycles. The van der Waals surface area contributed by atoms with Gasteiger partial charge in [-0.05, 0) is 80.9 Å². The number of carbonyl (C=O) groups is 1. The lowest BCUT2D eigenvalue weighted by molar-refractivity contribution is 0.0641. The number of benzene rings is 1.